The minimum Gasteiger partial charge on any atom is -0.350 e. The zero-order valence-electron chi connectivity index (χ0n) is 8.19. The number of nitrogens with one attached hydrogen (secondary N) is 1. The van der Waals surface area contributed by atoms with Gasteiger partial charge in [-0.25, -0.2) is 8.42 Å². The first-order valence-electron chi connectivity index (χ1n) is 4.60. The van der Waals surface area contributed by atoms with Crippen LogP contribution in [0.2, 0.25) is 0 Å². The van der Waals surface area contributed by atoms with Crippen molar-refractivity contribution in [2.24, 2.45) is 0 Å². The van der Waals surface area contributed by atoms with Gasteiger partial charge in [-0.05, 0) is 25.8 Å². The number of carbonyl (C=O) groups is 1. The molecule has 2 unspecified atom stereocenters. The van der Waals surface area contributed by atoms with Crippen LogP contribution in [-0.2, 0) is 14.6 Å². The van der Waals surface area contributed by atoms with Gasteiger partial charge < -0.3 is 5.32 Å². The highest BCUT2D eigenvalue weighted by Crippen LogP contribution is 2.19. The average molecular weight is 217 g/mol. The van der Waals surface area contributed by atoms with Gasteiger partial charge in [-0.3, -0.25) is 4.79 Å². The van der Waals surface area contributed by atoms with E-state index < -0.39 is 9.84 Å². The summed E-state index contributed by atoms with van der Waals surface area (Å²) in [6, 6.07) is -0.0287. The lowest BCUT2D eigenvalue weighted by molar-refractivity contribution is -0.117. The summed E-state index contributed by atoms with van der Waals surface area (Å²) in [5.74, 6) is -0.0718. The Morgan fingerprint density at radius 3 is 2.71 bits per heavy atom. The first-order chi connectivity index (χ1) is 6.45. The number of rotatable bonds is 2. The van der Waals surface area contributed by atoms with Crippen molar-refractivity contribution < 1.29 is 13.2 Å². The van der Waals surface area contributed by atoms with Crippen LogP contribution in [0.1, 0.15) is 19.8 Å². The maximum absolute atomic E-state index is 11.3. The topological polar surface area (TPSA) is 63.2 Å². The Kier molecular flexibility index (Phi) is 3.31. The lowest BCUT2D eigenvalue weighted by Crippen LogP contribution is -2.43. The van der Waals surface area contributed by atoms with Crippen LogP contribution in [0.15, 0.2) is 12.7 Å². The van der Waals surface area contributed by atoms with Crippen LogP contribution >= 0.6 is 0 Å². The van der Waals surface area contributed by atoms with Gasteiger partial charge in [0.15, 0.2) is 9.84 Å². The lowest BCUT2D eigenvalue weighted by atomic mass is 10.1. The molecule has 0 saturated carbocycles. The largest absolute Gasteiger partial charge is 0.350 e. The molecule has 14 heavy (non-hydrogen) atoms. The zero-order chi connectivity index (χ0) is 10.8. The van der Waals surface area contributed by atoms with Crippen LogP contribution in [0, 0.1) is 0 Å². The van der Waals surface area contributed by atoms with Gasteiger partial charge in [0, 0.05) is 6.04 Å². The molecule has 0 aromatic carbocycles. The van der Waals surface area contributed by atoms with E-state index in [1.54, 1.807) is 6.92 Å². The first kappa shape index (κ1) is 11.2. The van der Waals surface area contributed by atoms with Crippen LogP contribution in [0.3, 0.4) is 0 Å². The smallest absolute Gasteiger partial charge is 0.243 e. The van der Waals surface area contributed by atoms with E-state index in [9.17, 15) is 13.2 Å². The van der Waals surface area contributed by atoms with Crippen molar-refractivity contribution >= 4 is 15.7 Å². The van der Waals surface area contributed by atoms with Crippen LogP contribution < -0.4 is 5.32 Å². The molecule has 1 rings (SSSR count). The van der Waals surface area contributed by atoms with Crippen LogP contribution in [0.25, 0.3) is 0 Å². The fourth-order valence-corrected chi connectivity index (χ4v) is 3.10. The predicted octanol–water partition coefficient (Wildman–Crippen LogP) is 0.254. The predicted molar refractivity (Wildman–Crippen MR) is 54.6 cm³/mol. The molecular weight excluding hydrogens is 202 g/mol. The summed E-state index contributed by atoms with van der Waals surface area (Å²) in [6.07, 6.45) is 2.21. The van der Waals surface area contributed by atoms with Crippen molar-refractivity contribution in [3.63, 3.8) is 0 Å². The zero-order valence-corrected chi connectivity index (χ0v) is 9.01. The minimum absolute atomic E-state index is 0.0287. The van der Waals surface area contributed by atoms with E-state index in [0.717, 1.165) is 0 Å². The summed E-state index contributed by atoms with van der Waals surface area (Å²) in [4.78, 5) is 11.0. The van der Waals surface area contributed by atoms with Gasteiger partial charge >= 0.3 is 0 Å². The summed E-state index contributed by atoms with van der Waals surface area (Å²) < 4.78 is 22.7. The van der Waals surface area contributed by atoms with Gasteiger partial charge in [0.05, 0.1) is 11.0 Å². The second-order valence-corrected chi connectivity index (χ2v) is 6.15. The van der Waals surface area contributed by atoms with Crippen LogP contribution in [0.4, 0.5) is 0 Å². The highest BCUT2D eigenvalue weighted by atomic mass is 32.2. The van der Waals surface area contributed by atoms with Gasteiger partial charge in [-0.15, -0.1) is 0 Å². The first-order valence-corrected chi connectivity index (χ1v) is 6.31. The molecule has 1 saturated heterocycles. The maximum Gasteiger partial charge on any atom is 0.243 e. The van der Waals surface area contributed by atoms with Gasteiger partial charge in [-0.2, -0.15) is 0 Å². The average Bonchev–Trinajstić information content (AvgIpc) is 2.12. The Bertz CT molecular complexity index is 334. The Labute approximate surface area is 84.3 Å². The molecule has 0 aromatic rings. The highest BCUT2D eigenvalue weighted by molar-refractivity contribution is 7.92. The number of hydrogen-bond acceptors (Lipinski definition) is 3. The van der Waals surface area contributed by atoms with E-state index in [4.69, 9.17) is 0 Å². The van der Waals surface area contributed by atoms with Crippen molar-refractivity contribution in [3.8, 4) is 0 Å². The molecule has 1 heterocycles. The number of hydrogen-bond donors (Lipinski definition) is 1. The Balaban J connectivity index is 2.55. The third-order valence-corrected chi connectivity index (χ3v) is 4.74. The SMILES string of the molecule is C=CC(=O)NC1CCS(=O)(=O)C(C)C1. The van der Waals surface area contributed by atoms with E-state index in [-0.39, 0.29) is 23.0 Å². The number of carbonyl (C=O) groups excluding carboxylic acids is 1. The summed E-state index contributed by atoms with van der Waals surface area (Å²) in [5.41, 5.74) is 0. The molecule has 0 aliphatic carbocycles. The molecule has 5 heteroatoms. The number of amides is 1. The second kappa shape index (κ2) is 4.13. The van der Waals surface area contributed by atoms with Crippen LogP contribution in [0.5, 0.6) is 0 Å². The molecule has 1 fully saturated rings. The fraction of sp³-hybridized carbons (Fsp3) is 0.667. The third kappa shape index (κ3) is 2.57. The van der Waals surface area contributed by atoms with E-state index in [1.165, 1.54) is 6.08 Å². The van der Waals surface area contributed by atoms with Crippen molar-refractivity contribution in [1.29, 1.82) is 0 Å². The molecule has 0 radical (unpaired) electrons. The highest BCUT2D eigenvalue weighted by Gasteiger charge is 2.30. The van der Waals surface area contributed by atoms with E-state index in [2.05, 4.69) is 11.9 Å². The van der Waals surface area contributed by atoms with E-state index >= 15 is 0 Å². The van der Waals surface area contributed by atoms with Gasteiger partial charge in [0.25, 0.3) is 0 Å². The van der Waals surface area contributed by atoms with E-state index in [0.29, 0.717) is 12.8 Å². The van der Waals surface area contributed by atoms with Crippen LogP contribution in [-0.4, -0.2) is 31.4 Å². The van der Waals surface area contributed by atoms with Crippen molar-refractivity contribution in [2.45, 2.75) is 31.1 Å². The molecule has 2 atom stereocenters. The lowest BCUT2D eigenvalue weighted by Gasteiger charge is -2.27. The van der Waals surface area contributed by atoms with Gasteiger partial charge in [0.1, 0.15) is 0 Å². The molecule has 1 amide bonds. The molecule has 1 aliphatic heterocycles. The monoisotopic (exact) mass is 217 g/mol. The molecule has 1 N–H and O–H groups in total. The van der Waals surface area contributed by atoms with Crippen molar-refractivity contribution in [2.75, 3.05) is 5.75 Å². The molecular formula is C9H15NO3S. The molecule has 4 nitrogen and oxygen atoms in total. The quantitative estimate of drug-likeness (QED) is 0.675. The standard InChI is InChI=1S/C9H15NO3S/c1-3-9(11)10-8-4-5-14(12,13)7(2)6-8/h3,7-8H,1,4-6H2,2H3,(H,10,11). The molecule has 1 aliphatic rings. The summed E-state index contributed by atoms with van der Waals surface area (Å²) >= 11 is 0. The Morgan fingerprint density at radius 1 is 1.57 bits per heavy atom. The van der Waals surface area contributed by atoms with Gasteiger partial charge in [0.2, 0.25) is 5.91 Å². The number of sulfone groups is 1. The Hall–Kier alpha value is -0.840. The molecule has 80 valence electrons. The third-order valence-electron chi connectivity index (χ3n) is 2.51. The Morgan fingerprint density at radius 2 is 2.21 bits per heavy atom. The normalized spacial score (nSPS) is 30.6. The second-order valence-electron chi connectivity index (χ2n) is 3.61. The molecule has 0 spiro atoms. The van der Waals surface area contributed by atoms with Crippen molar-refractivity contribution in [1.82, 2.24) is 5.32 Å². The maximum atomic E-state index is 11.3. The van der Waals surface area contributed by atoms with E-state index in [1.807, 2.05) is 0 Å². The summed E-state index contributed by atoms with van der Waals surface area (Å²) in [5, 5.41) is 2.36. The molecule has 0 bridgehead atoms. The minimum atomic E-state index is -2.91. The van der Waals surface area contributed by atoms with Gasteiger partial charge in [-0.1, -0.05) is 6.58 Å². The van der Waals surface area contributed by atoms with Crippen molar-refractivity contribution in [3.05, 3.63) is 12.7 Å². The fourth-order valence-electron chi connectivity index (χ4n) is 1.56. The summed E-state index contributed by atoms with van der Waals surface area (Å²) in [7, 11) is -2.91. The summed E-state index contributed by atoms with van der Waals surface area (Å²) in [6.45, 7) is 5.03. The molecule has 0 aromatic heterocycles.